The van der Waals surface area contributed by atoms with Gasteiger partial charge in [0.05, 0.1) is 12.9 Å². The topological polar surface area (TPSA) is 55.4 Å². The van der Waals surface area contributed by atoms with E-state index in [0.717, 1.165) is 28.6 Å². The summed E-state index contributed by atoms with van der Waals surface area (Å²) in [6, 6.07) is 3.01. The zero-order chi connectivity index (χ0) is 15.6. The third-order valence-corrected chi connectivity index (χ3v) is 4.49. The van der Waals surface area contributed by atoms with Gasteiger partial charge in [0.15, 0.2) is 0 Å². The Morgan fingerprint density at radius 2 is 2.14 bits per heavy atom. The van der Waals surface area contributed by atoms with Crippen molar-refractivity contribution in [1.29, 1.82) is 0 Å². The summed E-state index contributed by atoms with van der Waals surface area (Å²) in [6.07, 6.45) is 4.26. The van der Waals surface area contributed by atoms with Crippen LogP contribution >= 0.6 is 15.9 Å². The zero-order valence-electron chi connectivity index (χ0n) is 11.8. The molecule has 116 valence electrons. The highest BCUT2D eigenvalue weighted by molar-refractivity contribution is 9.09. The predicted octanol–water partition coefficient (Wildman–Crippen LogP) is 3.23. The van der Waals surface area contributed by atoms with E-state index in [2.05, 4.69) is 21.2 Å². The van der Waals surface area contributed by atoms with Crippen LogP contribution in [0.5, 0.6) is 0 Å². The van der Waals surface area contributed by atoms with E-state index in [-0.39, 0.29) is 17.4 Å². The lowest BCUT2D eigenvalue weighted by Gasteiger charge is -2.25. The first kappa shape index (κ1) is 16.5. The number of aryl methyl sites for hydroxylation is 1. The maximum absolute atomic E-state index is 13.4. The number of rotatable bonds is 5. The number of hydrogen-bond donors (Lipinski definition) is 1. The lowest BCUT2D eigenvalue weighted by molar-refractivity contribution is 0.314. The minimum absolute atomic E-state index is 0.153. The quantitative estimate of drug-likeness (QED) is 0.370. The van der Waals surface area contributed by atoms with E-state index in [1.165, 1.54) is 12.1 Å². The van der Waals surface area contributed by atoms with E-state index in [1.54, 1.807) is 0 Å². The maximum Gasteiger partial charge on any atom is 0.264 e. The fourth-order valence-corrected chi connectivity index (χ4v) is 3.35. The van der Waals surface area contributed by atoms with Gasteiger partial charge in [-0.15, -0.1) is 0 Å². The van der Waals surface area contributed by atoms with Crippen LogP contribution in [0.25, 0.3) is 6.08 Å². The van der Waals surface area contributed by atoms with E-state index in [9.17, 15) is 12.8 Å². The average molecular weight is 378 g/mol. The van der Waals surface area contributed by atoms with Crippen molar-refractivity contribution in [2.24, 2.45) is 0 Å². The number of halogens is 2. The van der Waals surface area contributed by atoms with E-state index < -0.39 is 10.1 Å². The molecule has 1 N–H and O–H groups in total. The second-order valence-electron chi connectivity index (χ2n) is 5.03. The number of alkyl halides is 1. The Hall–Kier alpha value is -0.920. The molecule has 0 saturated carbocycles. The Kier molecular flexibility index (Phi) is 5.06. The molecule has 1 unspecified atom stereocenters. The van der Waals surface area contributed by atoms with Crippen molar-refractivity contribution in [2.75, 3.05) is 12.9 Å². The molecule has 1 heterocycles. The summed E-state index contributed by atoms with van der Waals surface area (Å²) in [5, 5.41) is 3.23. The SMILES string of the molecule is Cc1cc(F)cc2c1C=C(CCCOS(C)(=O)=O)NC2Br. The molecule has 4 nitrogen and oxygen atoms in total. The van der Waals surface area contributed by atoms with Gasteiger partial charge in [-0.2, -0.15) is 8.42 Å². The molecule has 0 spiro atoms. The van der Waals surface area contributed by atoms with Crippen LogP contribution in [0.2, 0.25) is 0 Å². The fourth-order valence-electron chi connectivity index (χ4n) is 2.26. The first-order chi connectivity index (χ1) is 9.76. The number of hydrogen-bond acceptors (Lipinski definition) is 4. The average Bonchev–Trinajstić information content (AvgIpc) is 2.35. The van der Waals surface area contributed by atoms with Crippen molar-refractivity contribution in [3.8, 4) is 0 Å². The molecule has 7 heteroatoms. The van der Waals surface area contributed by atoms with Crippen LogP contribution in [0.1, 0.15) is 34.5 Å². The van der Waals surface area contributed by atoms with Gasteiger partial charge in [0.1, 0.15) is 10.8 Å². The van der Waals surface area contributed by atoms with E-state index >= 15 is 0 Å². The van der Waals surface area contributed by atoms with E-state index in [1.807, 2.05) is 13.0 Å². The van der Waals surface area contributed by atoms with Crippen LogP contribution in [0.15, 0.2) is 17.8 Å². The fraction of sp³-hybridized carbons (Fsp3) is 0.429. The number of nitrogens with one attached hydrogen (secondary N) is 1. The molecule has 0 radical (unpaired) electrons. The molecule has 21 heavy (non-hydrogen) atoms. The Balaban J connectivity index is 2.07. The highest BCUT2D eigenvalue weighted by Gasteiger charge is 2.20. The highest BCUT2D eigenvalue weighted by Crippen LogP contribution is 2.34. The summed E-state index contributed by atoms with van der Waals surface area (Å²) in [4.78, 5) is -0.155. The standard InChI is InChI=1S/C14H17BrFNO3S/c1-9-6-10(16)7-13-12(9)8-11(17-14(13)15)4-3-5-20-21(2,18)19/h6-8,14,17H,3-5H2,1-2H3. The van der Waals surface area contributed by atoms with Gasteiger partial charge in [-0.25, -0.2) is 4.39 Å². The zero-order valence-corrected chi connectivity index (χ0v) is 14.2. The lowest BCUT2D eigenvalue weighted by Crippen LogP contribution is -2.21. The van der Waals surface area contributed by atoms with E-state index in [4.69, 9.17) is 4.18 Å². The maximum atomic E-state index is 13.4. The molecule has 2 rings (SSSR count). The van der Waals surface area contributed by atoms with Crippen molar-refractivity contribution in [1.82, 2.24) is 5.32 Å². The van der Waals surface area contributed by atoms with Crippen molar-refractivity contribution < 1.29 is 17.0 Å². The summed E-state index contributed by atoms with van der Waals surface area (Å²) in [7, 11) is -3.39. The normalized spacial score (nSPS) is 17.9. The monoisotopic (exact) mass is 377 g/mol. The smallest absolute Gasteiger partial charge is 0.264 e. The van der Waals surface area contributed by atoms with Crippen LogP contribution < -0.4 is 5.32 Å². The molecule has 0 saturated heterocycles. The minimum atomic E-state index is -3.39. The molecular weight excluding hydrogens is 361 g/mol. The Labute approximate surface area is 132 Å². The van der Waals surface area contributed by atoms with E-state index in [0.29, 0.717) is 12.8 Å². The largest absolute Gasteiger partial charge is 0.372 e. The summed E-state index contributed by atoms with van der Waals surface area (Å²) in [5.74, 6) is -0.254. The summed E-state index contributed by atoms with van der Waals surface area (Å²) < 4.78 is 39.9. The number of fused-ring (bicyclic) bond motifs is 1. The lowest BCUT2D eigenvalue weighted by atomic mass is 9.96. The van der Waals surface area contributed by atoms with Crippen LogP contribution in [0.4, 0.5) is 4.39 Å². The molecule has 0 aromatic heterocycles. The minimum Gasteiger partial charge on any atom is -0.372 e. The van der Waals surface area contributed by atoms with Crippen LogP contribution in [-0.2, 0) is 14.3 Å². The van der Waals surface area contributed by atoms with Crippen LogP contribution in [-0.4, -0.2) is 21.3 Å². The van der Waals surface area contributed by atoms with Crippen molar-refractivity contribution in [2.45, 2.75) is 24.7 Å². The molecule has 1 aliphatic heterocycles. The second-order valence-corrected chi connectivity index (χ2v) is 7.59. The van der Waals surface area contributed by atoms with Gasteiger partial charge in [0, 0.05) is 5.70 Å². The summed E-state index contributed by atoms with van der Waals surface area (Å²) >= 11 is 3.49. The third-order valence-electron chi connectivity index (χ3n) is 3.18. The molecular formula is C14H17BrFNO3S. The van der Waals surface area contributed by atoms with Gasteiger partial charge in [-0.1, -0.05) is 15.9 Å². The van der Waals surface area contributed by atoms with Gasteiger partial charge >= 0.3 is 0 Å². The van der Waals surface area contributed by atoms with Gasteiger partial charge < -0.3 is 5.32 Å². The molecule has 1 aromatic carbocycles. The summed E-state index contributed by atoms with van der Waals surface area (Å²) in [5.41, 5.74) is 3.71. The molecule has 0 bridgehead atoms. The molecule has 1 aromatic rings. The molecule has 0 amide bonds. The molecule has 1 atom stereocenters. The van der Waals surface area contributed by atoms with Crippen LogP contribution in [0, 0.1) is 12.7 Å². The van der Waals surface area contributed by atoms with Gasteiger partial charge in [-0.3, -0.25) is 4.18 Å². The van der Waals surface area contributed by atoms with Gasteiger partial charge in [0.25, 0.3) is 10.1 Å². The third kappa shape index (κ3) is 4.52. The van der Waals surface area contributed by atoms with Gasteiger partial charge in [-0.05, 0) is 54.7 Å². The predicted molar refractivity (Wildman–Crippen MR) is 83.9 cm³/mol. The summed E-state index contributed by atoms with van der Waals surface area (Å²) in [6.45, 7) is 2.02. The van der Waals surface area contributed by atoms with Gasteiger partial charge in [0.2, 0.25) is 0 Å². The Bertz CT molecular complexity index is 673. The Morgan fingerprint density at radius 1 is 1.43 bits per heavy atom. The first-order valence-corrected chi connectivity index (χ1v) is 9.25. The van der Waals surface area contributed by atoms with Crippen LogP contribution in [0.3, 0.4) is 0 Å². The van der Waals surface area contributed by atoms with Crippen molar-refractivity contribution in [3.63, 3.8) is 0 Å². The molecule has 1 aliphatic rings. The second kappa shape index (κ2) is 6.46. The Morgan fingerprint density at radius 3 is 2.81 bits per heavy atom. The first-order valence-electron chi connectivity index (χ1n) is 6.52. The molecule has 0 fully saturated rings. The molecule has 0 aliphatic carbocycles. The van der Waals surface area contributed by atoms with Crippen molar-refractivity contribution in [3.05, 3.63) is 40.3 Å². The number of benzene rings is 1. The van der Waals surface area contributed by atoms with Crippen molar-refractivity contribution >= 4 is 32.1 Å². The highest BCUT2D eigenvalue weighted by atomic mass is 79.9. The number of allylic oxidation sites excluding steroid dienone is 1.